The van der Waals surface area contributed by atoms with Gasteiger partial charge in [0.1, 0.15) is 22.6 Å². The first-order valence-electron chi connectivity index (χ1n) is 6.63. The van der Waals surface area contributed by atoms with E-state index >= 15 is 0 Å². The molecule has 1 heterocycles. The fourth-order valence-corrected chi connectivity index (χ4v) is 2.97. The van der Waals surface area contributed by atoms with Crippen molar-refractivity contribution in [2.75, 3.05) is 5.75 Å². The number of Topliss-reactive ketones (excluding diaryl/α,β-unsaturated/α-hetero) is 1. The lowest BCUT2D eigenvalue weighted by Gasteiger charge is -2.13. The number of thioether (sulfide) groups is 1. The van der Waals surface area contributed by atoms with E-state index in [2.05, 4.69) is 20.9 Å². The average Bonchev–Trinajstić information content (AvgIpc) is 2.51. The van der Waals surface area contributed by atoms with Crippen LogP contribution in [0.25, 0.3) is 11.1 Å². The number of carbonyl (C=O) groups is 1. The second-order valence-corrected chi connectivity index (χ2v) is 6.72. The molecule has 1 aromatic carbocycles. The van der Waals surface area contributed by atoms with Crippen LogP contribution in [0.1, 0.15) is 18.2 Å². The second kappa shape index (κ2) is 7.36. The molecule has 0 N–H and O–H groups in total. The van der Waals surface area contributed by atoms with Crippen LogP contribution in [0.5, 0.6) is 0 Å². The number of halogens is 4. The van der Waals surface area contributed by atoms with Crippen molar-refractivity contribution in [3.8, 4) is 17.2 Å². The number of nitrogens with zero attached hydrogens (tertiary/aromatic N) is 2. The zero-order chi connectivity index (χ0) is 17.9. The summed E-state index contributed by atoms with van der Waals surface area (Å²) in [7, 11) is 0. The molecule has 0 amide bonds. The topological polar surface area (TPSA) is 53.8 Å². The van der Waals surface area contributed by atoms with Gasteiger partial charge in [0.15, 0.2) is 0 Å². The van der Waals surface area contributed by atoms with E-state index < -0.39 is 11.9 Å². The van der Waals surface area contributed by atoms with E-state index in [1.54, 1.807) is 24.3 Å². The summed E-state index contributed by atoms with van der Waals surface area (Å²) in [5, 5.41) is 9.30. The SMILES string of the molecule is CC(=O)CSc1nc(C(F)(F)F)cc(-c2ccc(Br)cc2)c1C#N. The predicted octanol–water partition coefficient (Wildman–Crippen LogP) is 5.08. The molecule has 0 radical (unpaired) electrons. The lowest BCUT2D eigenvalue weighted by atomic mass is 10.0. The molecule has 0 spiro atoms. The molecule has 0 aliphatic heterocycles. The molecule has 0 bridgehead atoms. The summed E-state index contributed by atoms with van der Waals surface area (Å²) in [5.41, 5.74) is -0.465. The van der Waals surface area contributed by atoms with Crippen LogP contribution in [0.2, 0.25) is 0 Å². The Labute approximate surface area is 149 Å². The van der Waals surface area contributed by atoms with Gasteiger partial charge in [-0.3, -0.25) is 4.79 Å². The van der Waals surface area contributed by atoms with E-state index in [-0.39, 0.29) is 27.7 Å². The maximum atomic E-state index is 13.1. The average molecular weight is 415 g/mol. The van der Waals surface area contributed by atoms with Crippen molar-refractivity contribution >= 4 is 33.5 Å². The molecule has 0 saturated heterocycles. The highest BCUT2D eigenvalue weighted by Gasteiger charge is 2.34. The number of ketones is 1. The van der Waals surface area contributed by atoms with Crippen LogP contribution in [0.4, 0.5) is 13.2 Å². The van der Waals surface area contributed by atoms with Crippen molar-refractivity contribution in [3.63, 3.8) is 0 Å². The molecule has 0 aliphatic carbocycles. The molecule has 8 heteroatoms. The van der Waals surface area contributed by atoms with Gasteiger partial charge in [0, 0.05) is 10.0 Å². The van der Waals surface area contributed by atoms with Gasteiger partial charge < -0.3 is 0 Å². The fourth-order valence-electron chi connectivity index (χ4n) is 1.91. The lowest BCUT2D eigenvalue weighted by molar-refractivity contribution is -0.141. The second-order valence-electron chi connectivity index (χ2n) is 4.84. The highest BCUT2D eigenvalue weighted by atomic mass is 79.9. The van der Waals surface area contributed by atoms with E-state index in [0.29, 0.717) is 5.56 Å². The zero-order valence-electron chi connectivity index (χ0n) is 12.3. The Morgan fingerprint density at radius 1 is 1.33 bits per heavy atom. The van der Waals surface area contributed by atoms with Gasteiger partial charge in [0.25, 0.3) is 0 Å². The largest absolute Gasteiger partial charge is 0.433 e. The van der Waals surface area contributed by atoms with Crippen LogP contribution in [0, 0.1) is 11.3 Å². The number of pyridine rings is 1. The molecule has 124 valence electrons. The first-order chi connectivity index (χ1) is 11.2. The number of carbonyl (C=O) groups excluding carboxylic acids is 1. The van der Waals surface area contributed by atoms with Gasteiger partial charge in [-0.25, -0.2) is 4.98 Å². The Hall–Kier alpha value is -1.85. The number of benzene rings is 1. The summed E-state index contributed by atoms with van der Waals surface area (Å²) in [6.07, 6.45) is -4.65. The fraction of sp³-hybridized carbons (Fsp3) is 0.188. The maximum Gasteiger partial charge on any atom is 0.433 e. The molecular weight excluding hydrogens is 405 g/mol. The molecule has 2 rings (SSSR count). The smallest absolute Gasteiger partial charge is 0.299 e. The van der Waals surface area contributed by atoms with Crippen LogP contribution in [0.15, 0.2) is 39.8 Å². The molecule has 0 aliphatic rings. The summed E-state index contributed by atoms with van der Waals surface area (Å²) in [4.78, 5) is 14.7. The lowest BCUT2D eigenvalue weighted by Crippen LogP contribution is -2.10. The van der Waals surface area contributed by atoms with E-state index in [4.69, 9.17) is 0 Å². The molecule has 1 aromatic heterocycles. The van der Waals surface area contributed by atoms with Gasteiger partial charge in [-0.2, -0.15) is 18.4 Å². The van der Waals surface area contributed by atoms with Gasteiger partial charge in [-0.1, -0.05) is 39.8 Å². The van der Waals surface area contributed by atoms with Crippen molar-refractivity contribution in [1.29, 1.82) is 5.26 Å². The third-order valence-corrected chi connectivity index (χ3v) is 4.60. The third kappa shape index (κ3) is 4.36. The van der Waals surface area contributed by atoms with Crippen LogP contribution >= 0.6 is 27.7 Å². The van der Waals surface area contributed by atoms with Crippen molar-refractivity contribution in [1.82, 2.24) is 4.98 Å². The van der Waals surface area contributed by atoms with E-state index in [1.165, 1.54) is 6.92 Å². The third-order valence-electron chi connectivity index (χ3n) is 2.96. The zero-order valence-corrected chi connectivity index (χ0v) is 14.7. The Kier molecular flexibility index (Phi) is 5.67. The number of rotatable bonds is 4. The molecule has 3 nitrogen and oxygen atoms in total. The van der Waals surface area contributed by atoms with Crippen molar-refractivity contribution < 1.29 is 18.0 Å². The normalized spacial score (nSPS) is 11.2. The van der Waals surface area contributed by atoms with Gasteiger partial charge in [-0.05, 0) is 30.7 Å². The number of hydrogen-bond donors (Lipinski definition) is 0. The highest BCUT2D eigenvalue weighted by Crippen LogP contribution is 2.37. The summed E-state index contributed by atoms with van der Waals surface area (Å²) in [6, 6.07) is 9.33. The molecule has 0 unspecified atom stereocenters. The molecule has 24 heavy (non-hydrogen) atoms. The van der Waals surface area contributed by atoms with Crippen molar-refractivity contribution in [3.05, 3.63) is 46.1 Å². The van der Waals surface area contributed by atoms with E-state index in [0.717, 1.165) is 22.3 Å². The number of aromatic nitrogens is 1. The predicted molar refractivity (Wildman–Crippen MR) is 88.5 cm³/mol. The minimum Gasteiger partial charge on any atom is -0.299 e. The van der Waals surface area contributed by atoms with Crippen molar-refractivity contribution in [2.45, 2.75) is 18.1 Å². The van der Waals surface area contributed by atoms with Gasteiger partial charge in [0.05, 0.1) is 11.3 Å². The summed E-state index contributed by atoms with van der Waals surface area (Å²) in [6.45, 7) is 1.32. The molecule has 0 fully saturated rings. The maximum absolute atomic E-state index is 13.1. The summed E-state index contributed by atoms with van der Waals surface area (Å²) < 4.78 is 40.2. The molecule has 0 saturated carbocycles. The van der Waals surface area contributed by atoms with Crippen LogP contribution < -0.4 is 0 Å². The molecular formula is C16H10BrF3N2OS. The standard InChI is InChI=1S/C16H10BrF3N2OS/c1-9(23)8-24-15-13(7-21)12(6-14(22-15)16(18,19)20)10-2-4-11(17)5-3-10/h2-6H,8H2,1H3. The van der Waals surface area contributed by atoms with Gasteiger partial charge >= 0.3 is 6.18 Å². The Morgan fingerprint density at radius 2 is 1.96 bits per heavy atom. The number of nitriles is 1. The first kappa shape index (κ1) is 18.5. The van der Waals surface area contributed by atoms with E-state index in [9.17, 15) is 23.2 Å². The Morgan fingerprint density at radius 3 is 2.46 bits per heavy atom. The monoisotopic (exact) mass is 414 g/mol. The quantitative estimate of drug-likeness (QED) is 0.654. The Bertz CT molecular complexity index is 814. The minimum absolute atomic E-state index is 0.0246. The van der Waals surface area contributed by atoms with Gasteiger partial charge in [-0.15, -0.1) is 0 Å². The summed E-state index contributed by atoms with van der Waals surface area (Å²) in [5.74, 6) is -0.267. The number of hydrogen-bond acceptors (Lipinski definition) is 4. The van der Waals surface area contributed by atoms with Gasteiger partial charge in [0.2, 0.25) is 0 Å². The molecule has 0 atom stereocenters. The number of alkyl halides is 3. The Balaban J connectivity index is 2.66. The summed E-state index contributed by atoms with van der Waals surface area (Å²) >= 11 is 4.09. The highest BCUT2D eigenvalue weighted by molar-refractivity contribution is 9.10. The minimum atomic E-state index is -4.65. The van der Waals surface area contributed by atoms with Crippen LogP contribution in [0.3, 0.4) is 0 Å². The molecule has 2 aromatic rings. The van der Waals surface area contributed by atoms with Crippen LogP contribution in [-0.2, 0) is 11.0 Å². The first-order valence-corrected chi connectivity index (χ1v) is 8.40. The van der Waals surface area contributed by atoms with E-state index in [1.807, 2.05) is 6.07 Å². The van der Waals surface area contributed by atoms with Crippen molar-refractivity contribution in [2.24, 2.45) is 0 Å². The van der Waals surface area contributed by atoms with Crippen LogP contribution in [-0.4, -0.2) is 16.5 Å².